The van der Waals surface area contributed by atoms with Crippen LogP contribution in [-0.2, 0) is 7.05 Å². The molecule has 0 atom stereocenters. The van der Waals surface area contributed by atoms with Crippen molar-refractivity contribution in [2.24, 2.45) is 7.05 Å². The van der Waals surface area contributed by atoms with Crippen LogP contribution in [0.25, 0.3) is 5.69 Å². The van der Waals surface area contributed by atoms with E-state index >= 15 is 0 Å². The van der Waals surface area contributed by atoms with Gasteiger partial charge in [-0.3, -0.25) is 0 Å². The SMILES string of the molecule is Cc1nn(C)c(=O)n1-c1ccc(C(C)C)cc1. The molecule has 0 bridgehead atoms. The molecule has 2 aromatic rings. The zero-order valence-corrected chi connectivity index (χ0v) is 10.6. The van der Waals surface area contributed by atoms with E-state index in [-0.39, 0.29) is 5.69 Å². The van der Waals surface area contributed by atoms with Crippen molar-refractivity contribution in [2.45, 2.75) is 26.7 Å². The van der Waals surface area contributed by atoms with Crippen molar-refractivity contribution in [1.29, 1.82) is 0 Å². The number of hydrogen-bond acceptors (Lipinski definition) is 2. The van der Waals surface area contributed by atoms with E-state index in [0.29, 0.717) is 11.7 Å². The number of hydrogen-bond donors (Lipinski definition) is 0. The lowest BCUT2D eigenvalue weighted by molar-refractivity contribution is 0.723. The molecule has 90 valence electrons. The number of benzene rings is 1. The first-order valence-electron chi connectivity index (χ1n) is 5.73. The Morgan fingerprint density at radius 2 is 1.76 bits per heavy atom. The molecule has 0 amide bonds. The van der Waals surface area contributed by atoms with Gasteiger partial charge in [0.1, 0.15) is 5.82 Å². The lowest BCUT2D eigenvalue weighted by atomic mass is 10.0. The van der Waals surface area contributed by atoms with Crippen LogP contribution in [0.5, 0.6) is 0 Å². The van der Waals surface area contributed by atoms with Crippen LogP contribution in [0.4, 0.5) is 0 Å². The molecule has 0 unspecified atom stereocenters. The number of aromatic nitrogens is 3. The van der Waals surface area contributed by atoms with Crippen LogP contribution in [0.15, 0.2) is 29.1 Å². The molecular weight excluding hydrogens is 214 g/mol. The smallest absolute Gasteiger partial charge is 0.247 e. The lowest BCUT2D eigenvalue weighted by Crippen LogP contribution is -2.21. The van der Waals surface area contributed by atoms with E-state index in [4.69, 9.17) is 0 Å². The molecule has 0 saturated carbocycles. The van der Waals surface area contributed by atoms with E-state index < -0.39 is 0 Å². The van der Waals surface area contributed by atoms with Gasteiger partial charge < -0.3 is 0 Å². The second-order valence-electron chi connectivity index (χ2n) is 4.54. The Bertz CT molecular complexity index is 576. The van der Waals surface area contributed by atoms with Crippen LogP contribution in [0.1, 0.15) is 31.2 Å². The Hall–Kier alpha value is -1.84. The van der Waals surface area contributed by atoms with E-state index in [9.17, 15) is 4.79 Å². The Balaban J connectivity index is 2.50. The summed E-state index contributed by atoms with van der Waals surface area (Å²) in [5.74, 6) is 1.20. The normalized spacial score (nSPS) is 11.1. The van der Waals surface area contributed by atoms with Crippen LogP contribution >= 0.6 is 0 Å². The molecule has 4 heteroatoms. The molecule has 4 nitrogen and oxygen atoms in total. The summed E-state index contributed by atoms with van der Waals surface area (Å²) in [4.78, 5) is 11.9. The molecule has 1 heterocycles. The maximum atomic E-state index is 11.9. The lowest BCUT2D eigenvalue weighted by Gasteiger charge is -2.07. The summed E-state index contributed by atoms with van der Waals surface area (Å²) in [5.41, 5.74) is 2.02. The summed E-state index contributed by atoms with van der Waals surface area (Å²) >= 11 is 0. The van der Waals surface area contributed by atoms with Crippen LogP contribution in [0.2, 0.25) is 0 Å². The fourth-order valence-corrected chi connectivity index (χ4v) is 1.89. The minimum Gasteiger partial charge on any atom is -0.247 e. The number of nitrogens with zero attached hydrogens (tertiary/aromatic N) is 3. The number of rotatable bonds is 2. The van der Waals surface area contributed by atoms with Gasteiger partial charge in [0, 0.05) is 7.05 Å². The topological polar surface area (TPSA) is 39.8 Å². The molecule has 0 N–H and O–H groups in total. The molecule has 0 spiro atoms. The molecule has 0 saturated heterocycles. The van der Waals surface area contributed by atoms with Crippen molar-refractivity contribution < 1.29 is 0 Å². The van der Waals surface area contributed by atoms with E-state index in [1.165, 1.54) is 10.2 Å². The second kappa shape index (κ2) is 4.20. The first-order valence-corrected chi connectivity index (χ1v) is 5.73. The van der Waals surface area contributed by atoms with Gasteiger partial charge in [0.25, 0.3) is 0 Å². The van der Waals surface area contributed by atoms with E-state index in [1.54, 1.807) is 11.6 Å². The summed E-state index contributed by atoms with van der Waals surface area (Å²) in [7, 11) is 1.66. The third kappa shape index (κ3) is 2.02. The molecule has 17 heavy (non-hydrogen) atoms. The predicted octanol–water partition coefficient (Wildman–Crippen LogP) is 2.00. The highest BCUT2D eigenvalue weighted by Crippen LogP contribution is 2.16. The van der Waals surface area contributed by atoms with Gasteiger partial charge in [-0.2, -0.15) is 5.10 Å². The quantitative estimate of drug-likeness (QED) is 0.793. The third-order valence-electron chi connectivity index (χ3n) is 2.90. The minimum absolute atomic E-state index is 0.111. The van der Waals surface area contributed by atoms with Crippen molar-refractivity contribution in [3.8, 4) is 5.69 Å². The number of aryl methyl sites for hydroxylation is 2. The average Bonchev–Trinajstić information content (AvgIpc) is 2.53. The van der Waals surface area contributed by atoms with Crippen molar-refractivity contribution in [3.05, 3.63) is 46.1 Å². The fraction of sp³-hybridized carbons (Fsp3) is 0.385. The van der Waals surface area contributed by atoms with E-state index in [0.717, 1.165) is 5.69 Å². The molecule has 0 radical (unpaired) electrons. The molecule has 0 fully saturated rings. The zero-order chi connectivity index (χ0) is 12.6. The summed E-state index contributed by atoms with van der Waals surface area (Å²) < 4.78 is 2.97. The largest absolute Gasteiger partial charge is 0.350 e. The Kier molecular flexibility index (Phi) is 2.88. The zero-order valence-electron chi connectivity index (χ0n) is 10.6. The van der Waals surface area contributed by atoms with Gasteiger partial charge in [-0.15, -0.1) is 0 Å². The summed E-state index contributed by atoms with van der Waals surface area (Å²) in [5, 5.41) is 4.11. The van der Waals surface area contributed by atoms with Crippen molar-refractivity contribution in [2.75, 3.05) is 0 Å². The molecule has 0 aliphatic carbocycles. The predicted molar refractivity (Wildman–Crippen MR) is 67.6 cm³/mol. The van der Waals surface area contributed by atoms with Gasteiger partial charge >= 0.3 is 5.69 Å². The Morgan fingerprint density at radius 1 is 1.18 bits per heavy atom. The monoisotopic (exact) mass is 231 g/mol. The highest BCUT2D eigenvalue weighted by atomic mass is 16.2. The van der Waals surface area contributed by atoms with Crippen molar-refractivity contribution in [1.82, 2.24) is 14.3 Å². The Labute approximate surface area is 101 Å². The van der Waals surface area contributed by atoms with E-state index in [1.807, 2.05) is 19.1 Å². The summed E-state index contributed by atoms with van der Waals surface area (Å²) in [6.07, 6.45) is 0. The first-order chi connectivity index (χ1) is 8.00. The molecule has 2 rings (SSSR count). The fourth-order valence-electron chi connectivity index (χ4n) is 1.89. The van der Waals surface area contributed by atoms with Gasteiger partial charge in [-0.25, -0.2) is 14.0 Å². The minimum atomic E-state index is -0.111. The maximum Gasteiger partial charge on any atom is 0.350 e. The van der Waals surface area contributed by atoms with Crippen molar-refractivity contribution >= 4 is 0 Å². The van der Waals surface area contributed by atoms with Gasteiger partial charge in [0.15, 0.2) is 0 Å². The summed E-state index contributed by atoms with van der Waals surface area (Å²) in [6.45, 7) is 6.13. The van der Waals surface area contributed by atoms with Gasteiger partial charge in [0.2, 0.25) is 0 Å². The molecule has 0 aliphatic heterocycles. The van der Waals surface area contributed by atoms with Crippen LogP contribution in [0, 0.1) is 6.92 Å². The van der Waals surface area contributed by atoms with Gasteiger partial charge in [-0.05, 0) is 30.5 Å². The Morgan fingerprint density at radius 3 is 2.18 bits per heavy atom. The molecule has 1 aromatic carbocycles. The standard InChI is InChI=1S/C13H17N3O/c1-9(2)11-5-7-12(8-6-11)16-10(3)14-15(4)13(16)17/h5-9H,1-4H3. The highest BCUT2D eigenvalue weighted by Gasteiger charge is 2.09. The third-order valence-corrected chi connectivity index (χ3v) is 2.90. The van der Waals surface area contributed by atoms with Crippen molar-refractivity contribution in [3.63, 3.8) is 0 Å². The average molecular weight is 231 g/mol. The molecule has 0 aliphatic rings. The maximum absolute atomic E-state index is 11.9. The molecular formula is C13H17N3O. The van der Waals surface area contributed by atoms with Gasteiger partial charge in [0.05, 0.1) is 5.69 Å². The second-order valence-corrected chi connectivity index (χ2v) is 4.54. The van der Waals surface area contributed by atoms with E-state index in [2.05, 4.69) is 31.1 Å². The van der Waals surface area contributed by atoms with Crippen LogP contribution in [-0.4, -0.2) is 14.3 Å². The van der Waals surface area contributed by atoms with Crippen LogP contribution in [0.3, 0.4) is 0 Å². The highest BCUT2D eigenvalue weighted by molar-refractivity contribution is 5.36. The van der Waals surface area contributed by atoms with Gasteiger partial charge in [-0.1, -0.05) is 26.0 Å². The van der Waals surface area contributed by atoms with Crippen LogP contribution < -0.4 is 5.69 Å². The molecule has 1 aromatic heterocycles. The summed E-state index contributed by atoms with van der Waals surface area (Å²) in [6, 6.07) is 8.04. The first kappa shape index (κ1) is 11.6.